The third kappa shape index (κ3) is 4.50. The Bertz CT molecular complexity index is 794. The predicted octanol–water partition coefficient (Wildman–Crippen LogP) is 2.96. The number of nitrogens with one attached hydrogen (secondary N) is 1. The summed E-state index contributed by atoms with van der Waals surface area (Å²) in [6, 6.07) is 10.2. The maximum Gasteiger partial charge on any atom is 0.223 e. The number of carbonyl (C=O) groups excluding carboxylic acids is 1. The molecule has 2 fully saturated rings. The molecule has 0 bridgehead atoms. The van der Waals surface area contributed by atoms with Gasteiger partial charge >= 0.3 is 0 Å². The molecule has 0 unspecified atom stereocenters. The Hall–Kier alpha value is -2.47. The Labute approximate surface area is 166 Å². The maximum absolute atomic E-state index is 12.5. The molecular formula is C22H28N4O2. The summed E-state index contributed by atoms with van der Waals surface area (Å²) in [4.78, 5) is 23.9. The van der Waals surface area contributed by atoms with Gasteiger partial charge in [-0.2, -0.15) is 0 Å². The van der Waals surface area contributed by atoms with E-state index in [1.807, 2.05) is 12.3 Å². The Morgan fingerprint density at radius 1 is 1.18 bits per heavy atom. The number of nitrogens with zero attached hydrogens (tertiary/aromatic N) is 3. The van der Waals surface area contributed by atoms with Gasteiger partial charge in [0.25, 0.3) is 0 Å². The molecule has 2 aliphatic rings. The molecule has 28 heavy (non-hydrogen) atoms. The molecule has 4 rings (SSSR count). The molecule has 0 aliphatic carbocycles. The number of carbonyl (C=O) groups is 1. The van der Waals surface area contributed by atoms with Crippen LogP contribution >= 0.6 is 0 Å². The molecule has 2 aromatic rings. The molecule has 1 aromatic carbocycles. The van der Waals surface area contributed by atoms with E-state index in [9.17, 15) is 4.79 Å². The zero-order valence-corrected chi connectivity index (χ0v) is 16.4. The van der Waals surface area contributed by atoms with Crippen LogP contribution in [-0.2, 0) is 9.53 Å². The van der Waals surface area contributed by atoms with Gasteiger partial charge in [0, 0.05) is 43.9 Å². The summed E-state index contributed by atoms with van der Waals surface area (Å²) < 4.78 is 5.58. The van der Waals surface area contributed by atoms with Crippen LogP contribution in [0, 0.1) is 12.8 Å². The minimum Gasteiger partial charge on any atom is -0.376 e. The SMILES string of the molecule is Cc1ccc(-c2nccc(N3CCC(C(=O)NC[C@H]4CCCO4)CC3)n2)cc1. The van der Waals surface area contributed by atoms with Crippen LogP contribution in [0.15, 0.2) is 36.5 Å². The molecule has 6 nitrogen and oxygen atoms in total. The Morgan fingerprint density at radius 2 is 1.96 bits per heavy atom. The first kappa shape index (κ1) is 18.9. The molecule has 0 radical (unpaired) electrons. The Morgan fingerprint density at radius 3 is 2.68 bits per heavy atom. The highest BCUT2D eigenvalue weighted by molar-refractivity contribution is 5.79. The van der Waals surface area contributed by atoms with Crippen molar-refractivity contribution in [2.24, 2.45) is 5.92 Å². The number of hydrogen-bond donors (Lipinski definition) is 1. The van der Waals surface area contributed by atoms with Gasteiger partial charge < -0.3 is 15.0 Å². The van der Waals surface area contributed by atoms with Crippen LogP contribution in [0.2, 0.25) is 0 Å². The van der Waals surface area contributed by atoms with E-state index in [0.29, 0.717) is 6.54 Å². The van der Waals surface area contributed by atoms with Crippen molar-refractivity contribution in [1.82, 2.24) is 15.3 Å². The zero-order valence-electron chi connectivity index (χ0n) is 16.4. The van der Waals surface area contributed by atoms with Gasteiger partial charge in [-0.3, -0.25) is 4.79 Å². The third-order valence-electron chi connectivity index (χ3n) is 5.67. The summed E-state index contributed by atoms with van der Waals surface area (Å²) in [7, 11) is 0. The van der Waals surface area contributed by atoms with E-state index in [1.165, 1.54) is 5.56 Å². The molecule has 148 valence electrons. The lowest BCUT2D eigenvalue weighted by Crippen LogP contribution is -2.42. The molecule has 2 saturated heterocycles. The minimum absolute atomic E-state index is 0.0797. The second-order valence-electron chi connectivity index (χ2n) is 7.75. The van der Waals surface area contributed by atoms with Crippen molar-refractivity contribution in [3.63, 3.8) is 0 Å². The first-order chi connectivity index (χ1) is 13.7. The van der Waals surface area contributed by atoms with Crippen molar-refractivity contribution in [3.8, 4) is 11.4 Å². The van der Waals surface area contributed by atoms with Crippen LogP contribution in [0.3, 0.4) is 0 Å². The molecule has 0 saturated carbocycles. The van der Waals surface area contributed by atoms with E-state index in [2.05, 4.69) is 46.4 Å². The molecule has 0 spiro atoms. The lowest BCUT2D eigenvalue weighted by atomic mass is 9.96. The number of piperidine rings is 1. The van der Waals surface area contributed by atoms with Gasteiger partial charge in [0.2, 0.25) is 5.91 Å². The average Bonchev–Trinajstić information content (AvgIpc) is 3.26. The summed E-state index contributed by atoms with van der Waals surface area (Å²) in [5.74, 6) is 1.92. The first-order valence-electron chi connectivity index (χ1n) is 10.2. The number of amides is 1. The largest absolute Gasteiger partial charge is 0.376 e. The molecule has 2 aliphatic heterocycles. The molecular weight excluding hydrogens is 352 g/mol. The fourth-order valence-electron chi connectivity index (χ4n) is 3.90. The highest BCUT2D eigenvalue weighted by atomic mass is 16.5. The number of rotatable bonds is 5. The third-order valence-corrected chi connectivity index (χ3v) is 5.67. The smallest absolute Gasteiger partial charge is 0.223 e. The second-order valence-corrected chi connectivity index (χ2v) is 7.75. The van der Waals surface area contributed by atoms with Gasteiger partial charge in [0.05, 0.1) is 6.10 Å². The number of hydrogen-bond acceptors (Lipinski definition) is 5. The second kappa shape index (κ2) is 8.69. The molecule has 1 N–H and O–H groups in total. The van der Waals surface area contributed by atoms with Gasteiger partial charge in [0.15, 0.2) is 5.82 Å². The lowest BCUT2D eigenvalue weighted by Gasteiger charge is -2.32. The summed E-state index contributed by atoms with van der Waals surface area (Å²) in [5.41, 5.74) is 2.25. The van der Waals surface area contributed by atoms with Crippen molar-refractivity contribution in [2.75, 3.05) is 31.1 Å². The van der Waals surface area contributed by atoms with Crippen molar-refractivity contribution < 1.29 is 9.53 Å². The van der Waals surface area contributed by atoms with Gasteiger partial charge in [-0.25, -0.2) is 9.97 Å². The number of ether oxygens (including phenoxy) is 1. The molecule has 3 heterocycles. The number of aromatic nitrogens is 2. The maximum atomic E-state index is 12.5. The van der Waals surface area contributed by atoms with Crippen LogP contribution in [0.1, 0.15) is 31.2 Å². The van der Waals surface area contributed by atoms with E-state index in [0.717, 1.165) is 62.6 Å². The fraction of sp³-hybridized carbons (Fsp3) is 0.500. The van der Waals surface area contributed by atoms with Crippen LogP contribution in [0.5, 0.6) is 0 Å². The minimum atomic E-state index is 0.0797. The van der Waals surface area contributed by atoms with Crippen molar-refractivity contribution in [2.45, 2.75) is 38.7 Å². The average molecular weight is 380 g/mol. The normalized spacial score (nSPS) is 20.3. The van der Waals surface area contributed by atoms with Gasteiger partial charge in [-0.15, -0.1) is 0 Å². The number of anilines is 1. The van der Waals surface area contributed by atoms with Crippen molar-refractivity contribution >= 4 is 11.7 Å². The Kier molecular flexibility index (Phi) is 5.86. The van der Waals surface area contributed by atoms with E-state index < -0.39 is 0 Å². The van der Waals surface area contributed by atoms with E-state index >= 15 is 0 Å². The highest BCUT2D eigenvalue weighted by Gasteiger charge is 2.26. The fourth-order valence-corrected chi connectivity index (χ4v) is 3.90. The summed E-state index contributed by atoms with van der Waals surface area (Å²) in [6.07, 6.45) is 5.86. The first-order valence-corrected chi connectivity index (χ1v) is 10.2. The lowest BCUT2D eigenvalue weighted by molar-refractivity contribution is -0.126. The highest BCUT2D eigenvalue weighted by Crippen LogP contribution is 2.24. The van der Waals surface area contributed by atoms with E-state index in [1.54, 1.807) is 0 Å². The van der Waals surface area contributed by atoms with Crippen LogP contribution in [0.25, 0.3) is 11.4 Å². The monoisotopic (exact) mass is 380 g/mol. The van der Waals surface area contributed by atoms with Gasteiger partial charge in [-0.05, 0) is 38.7 Å². The number of benzene rings is 1. The Balaban J connectivity index is 1.32. The number of aryl methyl sites for hydroxylation is 1. The standard InChI is InChI=1S/C22H28N4O2/c1-16-4-6-17(7-5-16)21-23-11-8-20(25-21)26-12-9-18(10-13-26)22(27)24-15-19-3-2-14-28-19/h4-8,11,18-19H,2-3,9-10,12-15H2,1H3,(H,24,27)/t19-/m1/s1. The van der Waals surface area contributed by atoms with E-state index in [-0.39, 0.29) is 17.9 Å². The van der Waals surface area contributed by atoms with Crippen molar-refractivity contribution in [3.05, 3.63) is 42.1 Å². The van der Waals surface area contributed by atoms with E-state index in [4.69, 9.17) is 9.72 Å². The summed E-state index contributed by atoms with van der Waals surface area (Å²) >= 11 is 0. The summed E-state index contributed by atoms with van der Waals surface area (Å²) in [5, 5.41) is 3.08. The summed E-state index contributed by atoms with van der Waals surface area (Å²) in [6.45, 7) is 5.21. The predicted molar refractivity (Wildman–Crippen MR) is 109 cm³/mol. The molecule has 6 heteroatoms. The van der Waals surface area contributed by atoms with Crippen LogP contribution in [-0.4, -0.2) is 48.2 Å². The van der Waals surface area contributed by atoms with Crippen LogP contribution < -0.4 is 10.2 Å². The zero-order chi connectivity index (χ0) is 19.3. The molecule has 1 atom stereocenters. The molecule has 1 aromatic heterocycles. The van der Waals surface area contributed by atoms with Crippen LogP contribution in [0.4, 0.5) is 5.82 Å². The quantitative estimate of drug-likeness (QED) is 0.864. The van der Waals surface area contributed by atoms with Gasteiger partial charge in [0.1, 0.15) is 5.82 Å². The topological polar surface area (TPSA) is 67.4 Å². The van der Waals surface area contributed by atoms with Crippen molar-refractivity contribution in [1.29, 1.82) is 0 Å². The van der Waals surface area contributed by atoms with Gasteiger partial charge in [-0.1, -0.05) is 29.8 Å². The molecule has 1 amide bonds.